The summed E-state index contributed by atoms with van der Waals surface area (Å²) in [6.45, 7) is 0. The van der Waals surface area contributed by atoms with E-state index >= 15 is 9.59 Å². The fourth-order valence-corrected chi connectivity index (χ4v) is 9.79. The maximum Gasteiger partial charge on any atom is 0.238 e. The van der Waals surface area contributed by atoms with Crippen molar-refractivity contribution in [2.75, 3.05) is 17.3 Å². The number of methoxy groups -OCH3 is 1. The second kappa shape index (κ2) is 13.4. The van der Waals surface area contributed by atoms with E-state index in [9.17, 15) is 14.7 Å². The van der Waals surface area contributed by atoms with Crippen LogP contribution in [-0.2, 0) is 24.6 Å². The molecular formula is C47H38N2O6. The van der Waals surface area contributed by atoms with Crippen LogP contribution in [0, 0.1) is 23.7 Å². The number of Topliss-reactive ketones (excluding diaryl/α,β-unsaturated/α-hetero) is 1. The van der Waals surface area contributed by atoms with Crippen LogP contribution >= 0.6 is 0 Å². The molecule has 1 aliphatic heterocycles. The third-order valence-corrected chi connectivity index (χ3v) is 12.1. The van der Waals surface area contributed by atoms with Crippen molar-refractivity contribution in [3.05, 3.63) is 168 Å². The lowest BCUT2D eigenvalue weighted by Gasteiger charge is -2.55. The van der Waals surface area contributed by atoms with Crippen molar-refractivity contribution in [1.82, 2.24) is 0 Å². The van der Waals surface area contributed by atoms with Crippen LogP contribution in [-0.4, -0.2) is 35.6 Å². The van der Waals surface area contributed by atoms with Crippen LogP contribution in [0.1, 0.15) is 35.4 Å². The molecule has 2 N–H and O–H groups in total. The van der Waals surface area contributed by atoms with Gasteiger partial charge < -0.3 is 15.2 Å². The van der Waals surface area contributed by atoms with Crippen molar-refractivity contribution in [2.45, 2.75) is 24.2 Å². The van der Waals surface area contributed by atoms with Crippen molar-refractivity contribution in [2.24, 2.45) is 23.7 Å². The van der Waals surface area contributed by atoms with E-state index in [1.165, 1.54) is 24.2 Å². The normalized spacial score (nSPS) is 25.7. The molecule has 1 heterocycles. The molecule has 2 fully saturated rings. The topological polar surface area (TPSA) is 113 Å². The Morgan fingerprint density at radius 3 is 2.09 bits per heavy atom. The van der Waals surface area contributed by atoms with Crippen LogP contribution in [0.5, 0.6) is 11.5 Å². The SMILES string of the molecule is COc1cc(O)ccc1C1C2=CCC3C(=O)N(c4ccc(Nc5ccccc5)cc4)C(=O)C3C2CC2C(=O)C(c3ccccc3)=CC(=O)C21c1ccccc1. The highest BCUT2D eigenvalue weighted by molar-refractivity contribution is 6.32. The van der Waals surface area contributed by atoms with E-state index in [1.807, 2.05) is 109 Å². The molecule has 0 aromatic heterocycles. The molecule has 0 spiro atoms. The van der Waals surface area contributed by atoms with Crippen LogP contribution in [0.15, 0.2) is 151 Å². The first-order valence-electron chi connectivity index (χ1n) is 18.6. The zero-order chi connectivity index (χ0) is 37.8. The van der Waals surface area contributed by atoms with Gasteiger partial charge in [-0.05, 0) is 78.4 Å². The Morgan fingerprint density at radius 1 is 0.745 bits per heavy atom. The molecule has 272 valence electrons. The number of para-hydroxylation sites is 1. The van der Waals surface area contributed by atoms with Gasteiger partial charge in [-0.3, -0.25) is 24.1 Å². The van der Waals surface area contributed by atoms with Crippen LogP contribution in [0.25, 0.3) is 5.57 Å². The molecule has 3 aliphatic carbocycles. The summed E-state index contributed by atoms with van der Waals surface area (Å²) in [6, 6.07) is 40.4. The van der Waals surface area contributed by atoms with Crippen LogP contribution in [0.4, 0.5) is 17.1 Å². The zero-order valence-corrected chi connectivity index (χ0v) is 30.1. The van der Waals surface area contributed by atoms with Crippen molar-refractivity contribution in [3.8, 4) is 11.5 Å². The predicted molar refractivity (Wildman–Crippen MR) is 210 cm³/mol. The van der Waals surface area contributed by atoms with Crippen LogP contribution < -0.4 is 15.0 Å². The Balaban J connectivity index is 1.19. The van der Waals surface area contributed by atoms with Crippen molar-refractivity contribution < 1.29 is 29.0 Å². The highest BCUT2D eigenvalue weighted by atomic mass is 16.5. The quantitative estimate of drug-likeness (QED) is 0.129. The minimum absolute atomic E-state index is 0.00883. The number of carbonyl (C=O) groups is 4. The Hall–Kier alpha value is -6.54. The van der Waals surface area contributed by atoms with E-state index in [4.69, 9.17) is 4.74 Å². The molecule has 1 saturated heterocycles. The van der Waals surface area contributed by atoms with Gasteiger partial charge in [-0.25, -0.2) is 0 Å². The van der Waals surface area contributed by atoms with Gasteiger partial charge in [0.2, 0.25) is 11.8 Å². The number of allylic oxidation sites excluding steroid dienone is 4. The number of hydrogen-bond acceptors (Lipinski definition) is 7. The van der Waals surface area contributed by atoms with Crippen molar-refractivity contribution >= 4 is 46.0 Å². The summed E-state index contributed by atoms with van der Waals surface area (Å²) >= 11 is 0. The van der Waals surface area contributed by atoms with Gasteiger partial charge in [-0.15, -0.1) is 0 Å². The number of carbonyl (C=O) groups excluding carboxylic acids is 4. The van der Waals surface area contributed by atoms with Crippen molar-refractivity contribution in [3.63, 3.8) is 0 Å². The van der Waals surface area contributed by atoms with Gasteiger partial charge in [-0.2, -0.15) is 0 Å². The number of imide groups is 1. The average molecular weight is 727 g/mol. The predicted octanol–water partition coefficient (Wildman–Crippen LogP) is 8.17. The lowest BCUT2D eigenvalue weighted by Crippen LogP contribution is -2.58. The second-order valence-electron chi connectivity index (χ2n) is 14.8. The molecule has 8 heteroatoms. The van der Waals surface area contributed by atoms with E-state index in [2.05, 4.69) is 5.32 Å². The zero-order valence-electron chi connectivity index (χ0n) is 30.1. The number of fused-ring (bicyclic) bond motifs is 4. The second-order valence-corrected chi connectivity index (χ2v) is 14.8. The van der Waals surface area contributed by atoms with E-state index in [-0.39, 0.29) is 35.6 Å². The average Bonchev–Trinajstić information content (AvgIpc) is 3.48. The largest absolute Gasteiger partial charge is 0.508 e. The number of aromatic hydroxyl groups is 1. The third kappa shape index (κ3) is 5.35. The molecule has 4 aliphatic rings. The molecule has 5 aromatic carbocycles. The highest BCUT2D eigenvalue weighted by Crippen LogP contribution is 2.64. The van der Waals surface area contributed by atoms with E-state index in [0.717, 1.165) is 16.9 Å². The maximum absolute atomic E-state index is 15.2. The number of benzene rings is 5. The molecule has 2 amide bonds. The monoisotopic (exact) mass is 726 g/mol. The number of anilines is 3. The number of ketones is 2. The summed E-state index contributed by atoms with van der Waals surface area (Å²) in [5.41, 5.74) is 3.92. The minimum atomic E-state index is -1.40. The van der Waals surface area contributed by atoms with E-state index in [1.54, 1.807) is 24.3 Å². The maximum atomic E-state index is 15.2. The molecular weight excluding hydrogens is 689 g/mol. The third-order valence-electron chi connectivity index (χ3n) is 12.1. The van der Waals surface area contributed by atoms with Crippen molar-refractivity contribution in [1.29, 1.82) is 0 Å². The van der Waals surface area contributed by atoms with E-state index in [0.29, 0.717) is 40.1 Å². The molecule has 0 bridgehead atoms. The smallest absolute Gasteiger partial charge is 0.238 e. The molecule has 55 heavy (non-hydrogen) atoms. The van der Waals surface area contributed by atoms with Crippen LogP contribution in [0.3, 0.4) is 0 Å². The first-order valence-corrected chi connectivity index (χ1v) is 18.6. The number of phenolic OH excluding ortho intramolecular Hbond substituents is 1. The summed E-state index contributed by atoms with van der Waals surface area (Å²) in [5, 5.41) is 13.9. The molecule has 6 unspecified atom stereocenters. The van der Waals surface area contributed by atoms with E-state index < -0.39 is 35.0 Å². The molecule has 9 rings (SSSR count). The molecule has 1 saturated carbocycles. The van der Waals surface area contributed by atoms with Gasteiger partial charge in [0.15, 0.2) is 11.6 Å². The summed E-state index contributed by atoms with van der Waals surface area (Å²) < 4.78 is 5.89. The molecule has 6 atom stereocenters. The lowest BCUT2D eigenvalue weighted by atomic mass is 9.44. The highest BCUT2D eigenvalue weighted by Gasteiger charge is 2.66. The molecule has 5 aromatic rings. The standard InChI is InChI=1S/C47H38N2O6/c1-55-40-25-33(50)21-22-35(40)43-34-23-24-36-42(46(54)49(45(36)53)32-19-17-31(18-20-32)48-30-15-9-4-10-16-30)38(34)26-39-44(52)37(28-11-5-2-6-12-28)27-41(51)47(39,43)29-13-7-3-8-14-29/h2-23,25,27,36,38-39,42-43,48,50H,24,26H2,1H3. The lowest BCUT2D eigenvalue weighted by molar-refractivity contribution is -0.135. The number of nitrogens with zero attached hydrogens (tertiary/aromatic N) is 1. The first kappa shape index (κ1) is 34.2. The Bertz CT molecular complexity index is 2410. The van der Waals surface area contributed by atoms with Gasteiger partial charge in [-0.1, -0.05) is 96.6 Å². The Morgan fingerprint density at radius 2 is 1.40 bits per heavy atom. The Labute approximate surface area is 318 Å². The first-order chi connectivity index (χ1) is 26.8. The van der Waals surface area contributed by atoms with Gasteiger partial charge in [0.05, 0.1) is 30.0 Å². The van der Waals surface area contributed by atoms with Gasteiger partial charge in [0.1, 0.15) is 11.5 Å². The summed E-state index contributed by atoms with van der Waals surface area (Å²) in [5.74, 6) is -4.18. The fraction of sp³-hybridized carbons (Fsp3) is 0.191. The van der Waals surface area contributed by atoms with Gasteiger partial charge in [0.25, 0.3) is 0 Å². The number of rotatable bonds is 7. The molecule has 0 radical (unpaired) electrons. The molecule has 8 nitrogen and oxygen atoms in total. The van der Waals surface area contributed by atoms with Gasteiger partial charge in [0, 0.05) is 40.4 Å². The number of nitrogens with one attached hydrogen (secondary N) is 1. The van der Waals surface area contributed by atoms with Crippen LogP contribution in [0.2, 0.25) is 0 Å². The fourth-order valence-electron chi connectivity index (χ4n) is 9.79. The number of hydrogen-bond donors (Lipinski definition) is 2. The number of amides is 2. The number of phenols is 1. The summed E-state index contributed by atoms with van der Waals surface area (Å²) in [4.78, 5) is 60.8. The summed E-state index contributed by atoms with van der Waals surface area (Å²) in [7, 11) is 1.51. The Kier molecular flexibility index (Phi) is 8.34. The van der Waals surface area contributed by atoms with Gasteiger partial charge >= 0.3 is 0 Å². The number of ether oxygens (including phenoxy) is 1. The summed E-state index contributed by atoms with van der Waals surface area (Å²) in [6.07, 6.45) is 4.01. The minimum Gasteiger partial charge on any atom is -0.508 e.